The number of aliphatic imine (C=N–C) groups is 1. The summed E-state index contributed by atoms with van der Waals surface area (Å²) in [6.45, 7) is 8.99. The molecule has 0 amide bonds. The van der Waals surface area contributed by atoms with Gasteiger partial charge in [-0.3, -0.25) is 9.89 Å². The molecule has 0 spiro atoms. The van der Waals surface area contributed by atoms with Crippen molar-refractivity contribution in [1.29, 1.82) is 0 Å². The lowest BCUT2D eigenvalue weighted by molar-refractivity contribution is 0.148. The molecule has 1 unspecified atom stereocenters. The largest absolute Gasteiger partial charge is 0.497 e. The van der Waals surface area contributed by atoms with Gasteiger partial charge in [0.2, 0.25) is 0 Å². The predicted octanol–water partition coefficient (Wildman–Crippen LogP) is 2.58. The first-order chi connectivity index (χ1) is 15.6. The Morgan fingerprint density at radius 3 is 2.38 bits per heavy atom. The molecule has 1 atom stereocenters. The Balaban J connectivity index is 1.39. The van der Waals surface area contributed by atoms with Gasteiger partial charge in [0.05, 0.1) is 13.7 Å². The molecule has 0 saturated carbocycles. The van der Waals surface area contributed by atoms with E-state index in [9.17, 15) is 0 Å². The third-order valence-corrected chi connectivity index (χ3v) is 5.64. The fourth-order valence-electron chi connectivity index (χ4n) is 3.62. The van der Waals surface area contributed by atoms with Gasteiger partial charge in [0.25, 0.3) is 0 Å². The van der Waals surface area contributed by atoms with Crippen LogP contribution in [0.4, 0.5) is 0 Å². The standard InChI is InChI=1S/C25H37N5O2/c1-20(32-24-7-5-6-23(16-24)31-4)17-27-25(26-2)28-18-21-8-10-22(11-9-21)19-30-14-12-29(3)13-15-30/h5-11,16,20H,12-15,17-19H2,1-4H3,(H2,26,27,28). The second-order valence-corrected chi connectivity index (χ2v) is 8.31. The van der Waals surface area contributed by atoms with E-state index in [2.05, 4.69) is 56.7 Å². The van der Waals surface area contributed by atoms with E-state index in [1.54, 1.807) is 14.2 Å². The number of methoxy groups -OCH3 is 1. The zero-order chi connectivity index (χ0) is 22.8. The molecule has 0 aromatic heterocycles. The van der Waals surface area contributed by atoms with Gasteiger partial charge < -0.3 is 25.0 Å². The first-order valence-electron chi connectivity index (χ1n) is 11.3. The fraction of sp³-hybridized carbons (Fsp3) is 0.480. The molecule has 0 radical (unpaired) electrons. The Morgan fingerprint density at radius 2 is 1.69 bits per heavy atom. The molecule has 1 fully saturated rings. The highest BCUT2D eigenvalue weighted by atomic mass is 16.5. The van der Waals surface area contributed by atoms with Crippen LogP contribution in [0.3, 0.4) is 0 Å². The van der Waals surface area contributed by atoms with Gasteiger partial charge in [-0.2, -0.15) is 0 Å². The maximum Gasteiger partial charge on any atom is 0.191 e. The van der Waals surface area contributed by atoms with Gasteiger partial charge in [0.1, 0.15) is 17.6 Å². The summed E-state index contributed by atoms with van der Waals surface area (Å²) >= 11 is 0. The lowest BCUT2D eigenvalue weighted by atomic mass is 10.1. The second kappa shape index (κ2) is 12.3. The number of guanidine groups is 1. The van der Waals surface area contributed by atoms with E-state index in [0.29, 0.717) is 6.54 Å². The van der Waals surface area contributed by atoms with Gasteiger partial charge in [-0.05, 0) is 37.2 Å². The van der Waals surface area contributed by atoms with E-state index in [1.165, 1.54) is 11.1 Å². The number of benzene rings is 2. The molecule has 3 rings (SSSR count). The fourth-order valence-corrected chi connectivity index (χ4v) is 3.62. The molecule has 0 bridgehead atoms. The van der Waals surface area contributed by atoms with Crippen molar-refractivity contribution in [2.75, 3.05) is 53.9 Å². The highest BCUT2D eigenvalue weighted by molar-refractivity contribution is 5.79. The normalized spacial score (nSPS) is 16.4. The average molecular weight is 440 g/mol. The van der Waals surface area contributed by atoms with Crippen LogP contribution in [0.2, 0.25) is 0 Å². The Morgan fingerprint density at radius 1 is 1.00 bits per heavy atom. The Hall–Kier alpha value is -2.77. The zero-order valence-corrected chi connectivity index (χ0v) is 19.8. The van der Waals surface area contributed by atoms with E-state index in [1.807, 2.05) is 31.2 Å². The summed E-state index contributed by atoms with van der Waals surface area (Å²) in [7, 11) is 5.62. The monoisotopic (exact) mass is 439 g/mol. The lowest BCUT2D eigenvalue weighted by Crippen LogP contribution is -2.43. The van der Waals surface area contributed by atoms with Crippen LogP contribution in [0.25, 0.3) is 0 Å². The number of nitrogens with zero attached hydrogens (tertiary/aromatic N) is 3. The number of rotatable bonds is 9. The van der Waals surface area contributed by atoms with Crippen molar-refractivity contribution < 1.29 is 9.47 Å². The maximum absolute atomic E-state index is 5.96. The number of piperazine rings is 1. The molecule has 32 heavy (non-hydrogen) atoms. The number of likely N-dealkylation sites (N-methyl/N-ethyl adjacent to an activating group) is 1. The van der Waals surface area contributed by atoms with E-state index < -0.39 is 0 Å². The van der Waals surface area contributed by atoms with E-state index in [4.69, 9.17) is 9.47 Å². The summed E-state index contributed by atoms with van der Waals surface area (Å²) < 4.78 is 11.2. The number of nitrogens with one attached hydrogen (secondary N) is 2. The number of ether oxygens (including phenoxy) is 2. The van der Waals surface area contributed by atoms with Crippen molar-refractivity contribution in [3.8, 4) is 11.5 Å². The minimum absolute atomic E-state index is 0.0190. The molecule has 7 heteroatoms. The third-order valence-electron chi connectivity index (χ3n) is 5.64. The van der Waals surface area contributed by atoms with Gasteiger partial charge in [0.15, 0.2) is 5.96 Å². The van der Waals surface area contributed by atoms with Crippen LogP contribution >= 0.6 is 0 Å². The van der Waals surface area contributed by atoms with Gasteiger partial charge in [0, 0.05) is 52.4 Å². The van der Waals surface area contributed by atoms with Gasteiger partial charge in [-0.1, -0.05) is 30.3 Å². The zero-order valence-electron chi connectivity index (χ0n) is 19.8. The van der Waals surface area contributed by atoms with Crippen molar-refractivity contribution in [1.82, 2.24) is 20.4 Å². The van der Waals surface area contributed by atoms with E-state index >= 15 is 0 Å². The van der Waals surface area contributed by atoms with Crippen LogP contribution in [0.15, 0.2) is 53.5 Å². The van der Waals surface area contributed by atoms with Gasteiger partial charge >= 0.3 is 0 Å². The molecule has 2 aromatic carbocycles. The smallest absolute Gasteiger partial charge is 0.191 e. The van der Waals surface area contributed by atoms with Crippen LogP contribution in [-0.2, 0) is 13.1 Å². The van der Waals surface area contributed by atoms with Crippen molar-refractivity contribution in [2.24, 2.45) is 4.99 Å². The van der Waals surface area contributed by atoms with E-state index in [0.717, 1.165) is 56.7 Å². The van der Waals surface area contributed by atoms with Crippen LogP contribution in [0.1, 0.15) is 18.1 Å². The first kappa shape index (κ1) is 23.9. The Kier molecular flexibility index (Phi) is 9.19. The Bertz CT molecular complexity index is 848. The summed E-state index contributed by atoms with van der Waals surface area (Å²) in [5.74, 6) is 2.33. The van der Waals surface area contributed by atoms with Crippen LogP contribution in [0.5, 0.6) is 11.5 Å². The second-order valence-electron chi connectivity index (χ2n) is 8.31. The van der Waals surface area contributed by atoms with Crippen molar-refractivity contribution in [3.63, 3.8) is 0 Å². The molecule has 1 saturated heterocycles. The molecular weight excluding hydrogens is 402 g/mol. The van der Waals surface area contributed by atoms with Crippen LogP contribution in [0, 0.1) is 0 Å². The molecule has 0 aliphatic carbocycles. The topological polar surface area (TPSA) is 61.4 Å². The highest BCUT2D eigenvalue weighted by Crippen LogP contribution is 2.19. The Labute approximate surface area is 192 Å². The summed E-state index contributed by atoms with van der Waals surface area (Å²) in [6.07, 6.45) is -0.0190. The van der Waals surface area contributed by atoms with Crippen LogP contribution < -0.4 is 20.1 Å². The summed E-state index contributed by atoms with van der Waals surface area (Å²) in [5, 5.41) is 6.71. The maximum atomic E-state index is 5.96. The summed E-state index contributed by atoms with van der Waals surface area (Å²) in [6, 6.07) is 16.5. The van der Waals surface area contributed by atoms with Crippen LogP contribution in [-0.4, -0.2) is 75.8 Å². The molecule has 1 aliphatic rings. The van der Waals surface area contributed by atoms with E-state index in [-0.39, 0.29) is 6.10 Å². The third kappa shape index (κ3) is 7.73. The molecule has 2 N–H and O–H groups in total. The molecule has 1 heterocycles. The van der Waals surface area contributed by atoms with Crippen molar-refractivity contribution in [2.45, 2.75) is 26.1 Å². The number of hydrogen-bond acceptors (Lipinski definition) is 5. The molecule has 174 valence electrons. The molecule has 7 nitrogen and oxygen atoms in total. The lowest BCUT2D eigenvalue weighted by Gasteiger charge is -2.32. The molecular formula is C25H37N5O2. The SMILES string of the molecule is CN=C(NCc1ccc(CN2CCN(C)CC2)cc1)NCC(C)Oc1cccc(OC)c1. The quantitative estimate of drug-likeness (QED) is 0.463. The van der Waals surface area contributed by atoms with Gasteiger partial charge in [-0.15, -0.1) is 0 Å². The van der Waals surface area contributed by atoms with Crippen molar-refractivity contribution >= 4 is 5.96 Å². The summed E-state index contributed by atoms with van der Waals surface area (Å²) in [5.41, 5.74) is 2.60. The van der Waals surface area contributed by atoms with Crippen molar-refractivity contribution in [3.05, 3.63) is 59.7 Å². The summed E-state index contributed by atoms with van der Waals surface area (Å²) in [4.78, 5) is 9.23. The molecule has 1 aliphatic heterocycles. The first-order valence-corrected chi connectivity index (χ1v) is 11.3. The minimum atomic E-state index is -0.0190. The van der Waals surface area contributed by atoms with Gasteiger partial charge in [-0.25, -0.2) is 0 Å². The number of hydrogen-bond donors (Lipinski definition) is 2. The minimum Gasteiger partial charge on any atom is -0.497 e. The predicted molar refractivity (Wildman–Crippen MR) is 131 cm³/mol. The molecule has 2 aromatic rings. The average Bonchev–Trinajstić information content (AvgIpc) is 2.82. The highest BCUT2D eigenvalue weighted by Gasteiger charge is 2.13.